The second-order valence-electron chi connectivity index (χ2n) is 5.25. The molecule has 6 heteroatoms. The number of morpholine rings is 1. The van der Waals surface area contributed by atoms with E-state index in [4.69, 9.17) is 10.5 Å². The van der Waals surface area contributed by atoms with Crippen LogP contribution in [-0.2, 0) is 4.74 Å². The Kier molecular flexibility index (Phi) is 3.54. The van der Waals surface area contributed by atoms with Crippen molar-refractivity contribution in [2.75, 3.05) is 30.4 Å². The standard InChI is InChI=1S/C14H19N3O2S/c1-8-7-19-10(6-18)5-17(8)13-4-12-14(3-11(13)15)20-9(2)16-12/h3-4,8,10,18H,5-7,15H2,1-2H3. The minimum Gasteiger partial charge on any atom is -0.397 e. The Hall–Kier alpha value is -1.37. The molecule has 2 atom stereocenters. The fraction of sp³-hybridized carbons (Fsp3) is 0.500. The van der Waals surface area contributed by atoms with E-state index in [1.807, 2.05) is 19.1 Å². The first kappa shape index (κ1) is 13.6. The van der Waals surface area contributed by atoms with Crippen LogP contribution in [0.1, 0.15) is 11.9 Å². The van der Waals surface area contributed by atoms with Gasteiger partial charge in [0.2, 0.25) is 0 Å². The van der Waals surface area contributed by atoms with Crippen molar-refractivity contribution in [3.63, 3.8) is 0 Å². The number of nitrogen functional groups attached to an aromatic ring is 1. The molecule has 1 fully saturated rings. The van der Waals surface area contributed by atoms with Crippen molar-refractivity contribution in [3.05, 3.63) is 17.1 Å². The highest BCUT2D eigenvalue weighted by Crippen LogP contribution is 2.34. The van der Waals surface area contributed by atoms with Crippen molar-refractivity contribution < 1.29 is 9.84 Å². The number of nitrogens with two attached hydrogens (primary N) is 1. The maximum atomic E-state index is 9.29. The van der Waals surface area contributed by atoms with Gasteiger partial charge in [0, 0.05) is 12.6 Å². The Balaban J connectivity index is 2.01. The predicted molar refractivity (Wildman–Crippen MR) is 82.4 cm³/mol. The lowest BCUT2D eigenvalue weighted by atomic mass is 10.1. The Bertz CT molecular complexity index is 628. The zero-order chi connectivity index (χ0) is 14.3. The van der Waals surface area contributed by atoms with Gasteiger partial charge in [-0.3, -0.25) is 0 Å². The van der Waals surface area contributed by atoms with Gasteiger partial charge in [-0.25, -0.2) is 4.98 Å². The molecule has 0 aliphatic carbocycles. The number of rotatable bonds is 2. The maximum Gasteiger partial charge on any atom is 0.0981 e. The summed E-state index contributed by atoms with van der Waals surface area (Å²) in [6, 6.07) is 4.27. The van der Waals surface area contributed by atoms with Crippen molar-refractivity contribution >= 4 is 32.9 Å². The molecular formula is C14H19N3O2S. The van der Waals surface area contributed by atoms with Crippen molar-refractivity contribution in [2.24, 2.45) is 0 Å². The van der Waals surface area contributed by atoms with Gasteiger partial charge < -0.3 is 20.5 Å². The molecule has 2 heterocycles. The Morgan fingerprint density at radius 3 is 3.10 bits per heavy atom. The molecule has 1 aromatic heterocycles. The van der Waals surface area contributed by atoms with Crippen LogP contribution in [0.5, 0.6) is 0 Å². The molecule has 5 nitrogen and oxygen atoms in total. The number of ether oxygens (including phenoxy) is 1. The number of aliphatic hydroxyl groups excluding tert-OH is 1. The monoisotopic (exact) mass is 293 g/mol. The summed E-state index contributed by atoms with van der Waals surface area (Å²) in [5.74, 6) is 0. The minimum atomic E-state index is -0.154. The Labute approximate surface area is 122 Å². The lowest BCUT2D eigenvalue weighted by Crippen LogP contribution is -2.49. The number of hydrogen-bond acceptors (Lipinski definition) is 6. The van der Waals surface area contributed by atoms with Gasteiger partial charge >= 0.3 is 0 Å². The molecule has 1 aromatic carbocycles. The van der Waals surface area contributed by atoms with E-state index < -0.39 is 0 Å². The van der Waals surface area contributed by atoms with Gasteiger partial charge in [-0.15, -0.1) is 11.3 Å². The van der Waals surface area contributed by atoms with E-state index in [1.54, 1.807) is 11.3 Å². The minimum absolute atomic E-state index is 0.0289. The van der Waals surface area contributed by atoms with Crippen LogP contribution in [0.4, 0.5) is 11.4 Å². The average molecular weight is 293 g/mol. The van der Waals surface area contributed by atoms with Gasteiger partial charge in [0.25, 0.3) is 0 Å². The highest BCUT2D eigenvalue weighted by atomic mass is 32.1. The number of aryl methyl sites for hydroxylation is 1. The molecule has 0 amide bonds. The number of aliphatic hydroxyl groups is 1. The molecule has 3 N–H and O–H groups in total. The number of fused-ring (bicyclic) bond motifs is 1. The molecule has 3 rings (SSSR count). The zero-order valence-corrected chi connectivity index (χ0v) is 12.5. The molecule has 0 radical (unpaired) electrons. The SMILES string of the molecule is Cc1nc2cc(N3CC(CO)OCC3C)c(N)cc2s1. The predicted octanol–water partition coefficient (Wildman–Crippen LogP) is 1.77. The van der Waals surface area contributed by atoms with E-state index in [0.29, 0.717) is 13.2 Å². The fourth-order valence-corrected chi connectivity index (χ4v) is 3.46. The number of benzene rings is 1. The molecule has 1 aliphatic rings. The van der Waals surface area contributed by atoms with Gasteiger partial charge in [0.1, 0.15) is 0 Å². The number of aromatic nitrogens is 1. The smallest absolute Gasteiger partial charge is 0.0981 e. The molecule has 0 saturated carbocycles. The third-order valence-electron chi connectivity index (χ3n) is 3.66. The summed E-state index contributed by atoms with van der Waals surface area (Å²) in [4.78, 5) is 6.73. The highest BCUT2D eigenvalue weighted by molar-refractivity contribution is 7.18. The Morgan fingerprint density at radius 2 is 2.35 bits per heavy atom. The highest BCUT2D eigenvalue weighted by Gasteiger charge is 2.27. The second-order valence-corrected chi connectivity index (χ2v) is 6.49. The summed E-state index contributed by atoms with van der Waals surface area (Å²) in [7, 11) is 0. The van der Waals surface area contributed by atoms with Gasteiger partial charge in [-0.1, -0.05) is 0 Å². The van der Waals surface area contributed by atoms with Crippen molar-refractivity contribution in [1.82, 2.24) is 4.98 Å². The van der Waals surface area contributed by atoms with E-state index in [2.05, 4.69) is 16.8 Å². The van der Waals surface area contributed by atoms with Crippen LogP contribution in [0.2, 0.25) is 0 Å². The molecule has 2 unspecified atom stereocenters. The third-order valence-corrected chi connectivity index (χ3v) is 4.60. The van der Waals surface area contributed by atoms with Crippen LogP contribution in [0.15, 0.2) is 12.1 Å². The first-order valence-corrected chi connectivity index (χ1v) is 7.56. The first-order chi connectivity index (χ1) is 9.58. The van der Waals surface area contributed by atoms with Crippen molar-refractivity contribution in [2.45, 2.75) is 26.0 Å². The van der Waals surface area contributed by atoms with Gasteiger partial charge in [0.15, 0.2) is 0 Å². The quantitative estimate of drug-likeness (QED) is 0.826. The molecule has 2 aromatic rings. The molecule has 1 aliphatic heterocycles. The van der Waals surface area contributed by atoms with Gasteiger partial charge in [-0.2, -0.15) is 0 Å². The Morgan fingerprint density at radius 1 is 1.55 bits per heavy atom. The molecular weight excluding hydrogens is 274 g/mol. The van der Waals surface area contributed by atoms with E-state index in [9.17, 15) is 5.11 Å². The fourth-order valence-electron chi connectivity index (χ4n) is 2.61. The van der Waals surface area contributed by atoms with Gasteiger partial charge in [0.05, 0.1) is 45.9 Å². The number of thiazole rings is 1. The number of nitrogens with zero attached hydrogens (tertiary/aromatic N) is 2. The largest absolute Gasteiger partial charge is 0.397 e. The molecule has 108 valence electrons. The van der Waals surface area contributed by atoms with Crippen molar-refractivity contribution in [1.29, 1.82) is 0 Å². The van der Waals surface area contributed by atoms with E-state index in [1.165, 1.54) is 0 Å². The summed E-state index contributed by atoms with van der Waals surface area (Å²) in [6.07, 6.45) is -0.154. The third kappa shape index (κ3) is 2.34. The van der Waals surface area contributed by atoms with Crippen LogP contribution < -0.4 is 10.6 Å². The normalized spacial score (nSPS) is 23.4. The van der Waals surface area contributed by atoms with Crippen LogP contribution in [0.3, 0.4) is 0 Å². The summed E-state index contributed by atoms with van der Waals surface area (Å²) in [5.41, 5.74) is 8.93. The van der Waals surface area contributed by atoms with Crippen LogP contribution in [0.25, 0.3) is 10.2 Å². The second kappa shape index (κ2) is 5.20. The topological polar surface area (TPSA) is 71.6 Å². The molecule has 20 heavy (non-hydrogen) atoms. The molecule has 0 spiro atoms. The van der Waals surface area contributed by atoms with Crippen LogP contribution >= 0.6 is 11.3 Å². The van der Waals surface area contributed by atoms with E-state index in [0.717, 1.165) is 26.6 Å². The molecule has 1 saturated heterocycles. The van der Waals surface area contributed by atoms with E-state index in [-0.39, 0.29) is 18.8 Å². The number of hydrogen-bond donors (Lipinski definition) is 2. The lowest BCUT2D eigenvalue weighted by molar-refractivity contribution is -0.0102. The average Bonchev–Trinajstić information content (AvgIpc) is 2.78. The maximum absolute atomic E-state index is 9.29. The number of anilines is 2. The summed E-state index contributed by atoms with van der Waals surface area (Å²) in [6.45, 7) is 5.37. The van der Waals surface area contributed by atoms with Crippen LogP contribution in [-0.4, -0.2) is 42.0 Å². The van der Waals surface area contributed by atoms with Gasteiger partial charge in [-0.05, 0) is 26.0 Å². The molecule has 0 bridgehead atoms. The lowest BCUT2D eigenvalue weighted by Gasteiger charge is -2.39. The zero-order valence-electron chi connectivity index (χ0n) is 11.7. The van der Waals surface area contributed by atoms with Crippen LogP contribution in [0, 0.1) is 6.92 Å². The first-order valence-electron chi connectivity index (χ1n) is 6.74. The summed E-state index contributed by atoms with van der Waals surface area (Å²) in [5, 5.41) is 10.3. The summed E-state index contributed by atoms with van der Waals surface area (Å²) >= 11 is 1.65. The van der Waals surface area contributed by atoms with Crippen molar-refractivity contribution in [3.8, 4) is 0 Å². The van der Waals surface area contributed by atoms with E-state index >= 15 is 0 Å². The summed E-state index contributed by atoms with van der Waals surface area (Å²) < 4.78 is 6.69.